The number of hydrogen-bond donors (Lipinski definition) is 2. The van der Waals surface area contributed by atoms with Crippen LogP contribution in [0.4, 0.5) is 0 Å². The van der Waals surface area contributed by atoms with Gasteiger partial charge in [0.2, 0.25) is 0 Å². The molecule has 2 rings (SSSR count). The van der Waals surface area contributed by atoms with Crippen LogP contribution in [0.5, 0.6) is 0 Å². The number of aryl methyl sites for hydroxylation is 2. The van der Waals surface area contributed by atoms with Crippen LogP contribution in [0, 0.1) is 13.8 Å². The van der Waals surface area contributed by atoms with E-state index in [2.05, 4.69) is 31.9 Å². The van der Waals surface area contributed by atoms with Crippen molar-refractivity contribution in [2.24, 2.45) is 0 Å². The van der Waals surface area contributed by atoms with Gasteiger partial charge < -0.3 is 0 Å². The first-order chi connectivity index (χ1) is 10.8. The van der Waals surface area contributed by atoms with E-state index in [9.17, 15) is 25.9 Å². The molecule has 2 aromatic carbocycles. The van der Waals surface area contributed by atoms with Gasteiger partial charge in [0.25, 0.3) is 20.2 Å². The fourth-order valence-electron chi connectivity index (χ4n) is 2.47. The second kappa shape index (κ2) is 6.50. The molecule has 0 atom stereocenters. The Balaban J connectivity index is 3.10. The van der Waals surface area contributed by atoms with E-state index in [-0.39, 0.29) is 11.1 Å². The highest BCUT2D eigenvalue weighted by molar-refractivity contribution is 9.10. The first-order valence-corrected chi connectivity index (χ1v) is 10.8. The van der Waals surface area contributed by atoms with E-state index < -0.39 is 30.0 Å². The third-order valence-corrected chi connectivity index (χ3v) is 6.01. The molecule has 0 aliphatic carbocycles. The number of halogens is 2. The van der Waals surface area contributed by atoms with Gasteiger partial charge in [0.15, 0.2) is 0 Å². The van der Waals surface area contributed by atoms with Gasteiger partial charge in [-0.05, 0) is 49.2 Å². The summed E-state index contributed by atoms with van der Waals surface area (Å²) in [7, 11) is -9.27. The fourth-order valence-corrected chi connectivity index (χ4v) is 5.51. The van der Waals surface area contributed by atoms with Crippen LogP contribution >= 0.6 is 31.9 Å². The summed E-state index contributed by atoms with van der Waals surface area (Å²) in [5.74, 6) is 0. The Labute approximate surface area is 156 Å². The Hall–Kier alpha value is -0.780. The molecule has 0 unspecified atom stereocenters. The fraction of sp³-hybridized carbons (Fsp3) is 0.143. The predicted molar refractivity (Wildman–Crippen MR) is 96.4 cm³/mol. The van der Waals surface area contributed by atoms with Gasteiger partial charge in [0.05, 0.1) is 0 Å². The van der Waals surface area contributed by atoms with Crippen molar-refractivity contribution in [1.82, 2.24) is 0 Å². The molecule has 0 saturated carbocycles. The lowest BCUT2D eigenvalue weighted by Gasteiger charge is -2.17. The molecule has 0 amide bonds. The van der Waals surface area contributed by atoms with Crippen molar-refractivity contribution in [2.45, 2.75) is 23.6 Å². The summed E-state index contributed by atoms with van der Waals surface area (Å²) in [6.45, 7) is 3.15. The van der Waals surface area contributed by atoms with Crippen molar-refractivity contribution >= 4 is 52.1 Å². The van der Waals surface area contributed by atoms with E-state index in [4.69, 9.17) is 0 Å². The summed E-state index contributed by atoms with van der Waals surface area (Å²) in [5.41, 5.74) is 0.844. The summed E-state index contributed by atoms with van der Waals surface area (Å²) in [6, 6.07) is 5.51. The Kier molecular flexibility index (Phi) is 5.30. The minimum atomic E-state index is -4.63. The maximum absolute atomic E-state index is 11.8. The van der Waals surface area contributed by atoms with E-state index in [0.29, 0.717) is 20.1 Å². The van der Waals surface area contributed by atoms with Crippen LogP contribution < -0.4 is 0 Å². The molecule has 130 valence electrons. The van der Waals surface area contributed by atoms with Crippen molar-refractivity contribution in [1.29, 1.82) is 0 Å². The minimum Gasteiger partial charge on any atom is -0.282 e. The zero-order valence-electron chi connectivity index (χ0n) is 12.4. The number of benzene rings is 2. The highest BCUT2D eigenvalue weighted by Crippen LogP contribution is 2.40. The molecule has 2 N–H and O–H groups in total. The Morgan fingerprint density at radius 2 is 1.00 bits per heavy atom. The molecule has 6 nitrogen and oxygen atoms in total. The molecule has 0 heterocycles. The van der Waals surface area contributed by atoms with Gasteiger partial charge >= 0.3 is 0 Å². The average Bonchev–Trinajstić information content (AvgIpc) is 2.36. The summed E-state index contributed by atoms with van der Waals surface area (Å²) >= 11 is 6.30. The lowest BCUT2D eigenvalue weighted by atomic mass is 9.96. The van der Waals surface area contributed by atoms with Gasteiger partial charge in [0.1, 0.15) is 9.79 Å². The van der Waals surface area contributed by atoms with E-state index >= 15 is 0 Å². The van der Waals surface area contributed by atoms with Gasteiger partial charge in [-0.2, -0.15) is 16.8 Å². The zero-order valence-corrected chi connectivity index (χ0v) is 17.2. The van der Waals surface area contributed by atoms with Crippen LogP contribution in [0.3, 0.4) is 0 Å². The number of hydrogen-bond acceptors (Lipinski definition) is 4. The highest BCUT2D eigenvalue weighted by Gasteiger charge is 2.27. The van der Waals surface area contributed by atoms with E-state index in [0.717, 1.165) is 0 Å². The van der Waals surface area contributed by atoms with Crippen LogP contribution in [-0.4, -0.2) is 25.9 Å². The molecule has 0 aliphatic rings. The molecule has 24 heavy (non-hydrogen) atoms. The van der Waals surface area contributed by atoms with Crippen LogP contribution in [0.25, 0.3) is 11.1 Å². The van der Waals surface area contributed by atoms with Crippen LogP contribution in [-0.2, 0) is 20.2 Å². The van der Waals surface area contributed by atoms with Gasteiger partial charge in [-0.25, -0.2) is 0 Å². The first-order valence-electron chi connectivity index (χ1n) is 6.38. The monoisotopic (exact) mass is 498 g/mol. The molecular weight excluding hydrogens is 488 g/mol. The van der Waals surface area contributed by atoms with Gasteiger partial charge in [-0.15, -0.1) is 0 Å². The van der Waals surface area contributed by atoms with Crippen LogP contribution in [0.15, 0.2) is 43.0 Å². The van der Waals surface area contributed by atoms with Gasteiger partial charge in [-0.1, -0.05) is 31.9 Å². The lowest BCUT2D eigenvalue weighted by Crippen LogP contribution is -2.08. The molecular formula is C14H12Br2O6S2. The maximum Gasteiger partial charge on any atom is 0.295 e. The van der Waals surface area contributed by atoms with Crippen molar-refractivity contribution < 1.29 is 25.9 Å². The van der Waals surface area contributed by atoms with E-state index in [1.807, 2.05) is 0 Å². The lowest BCUT2D eigenvalue weighted by molar-refractivity contribution is 0.480. The quantitative estimate of drug-likeness (QED) is 0.618. The van der Waals surface area contributed by atoms with Crippen molar-refractivity contribution in [3.8, 4) is 11.1 Å². The first kappa shape index (κ1) is 19.5. The molecule has 0 aliphatic heterocycles. The summed E-state index contributed by atoms with van der Waals surface area (Å²) in [4.78, 5) is -0.908. The number of rotatable bonds is 3. The zero-order chi connectivity index (χ0) is 18.4. The van der Waals surface area contributed by atoms with E-state index in [1.165, 1.54) is 12.1 Å². The summed E-state index contributed by atoms with van der Waals surface area (Å²) < 4.78 is 67.0. The molecule has 0 saturated heterocycles. The molecule has 0 fully saturated rings. The average molecular weight is 500 g/mol. The van der Waals surface area contributed by atoms with Crippen LogP contribution in [0.2, 0.25) is 0 Å². The molecule has 2 aromatic rings. The molecule has 0 radical (unpaired) electrons. The van der Waals surface area contributed by atoms with E-state index in [1.54, 1.807) is 26.0 Å². The van der Waals surface area contributed by atoms with Crippen molar-refractivity contribution in [3.05, 3.63) is 44.3 Å². The maximum atomic E-state index is 11.8. The SMILES string of the molecule is Cc1cc(Br)cc(S(=O)(=O)O)c1-c1c(C)cc(Br)cc1S(=O)(=O)O. The van der Waals surface area contributed by atoms with Crippen molar-refractivity contribution in [2.75, 3.05) is 0 Å². The smallest absolute Gasteiger partial charge is 0.282 e. The third-order valence-electron chi connectivity index (χ3n) is 3.33. The standard InChI is InChI=1S/C14H12Br2O6S2/c1-7-3-9(15)5-11(23(17,18)19)13(7)14-8(2)4-10(16)6-12(14)24(20,21)22/h3-6H,1-2H3,(H,17,18,19)(H,20,21,22). The molecule has 10 heteroatoms. The van der Waals surface area contributed by atoms with Crippen LogP contribution in [0.1, 0.15) is 11.1 Å². The molecule has 0 bridgehead atoms. The Bertz CT molecular complexity index is 958. The highest BCUT2D eigenvalue weighted by atomic mass is 79.9. The minimum absolute atomic E-state index is 0.0123. The van der Waals surface area contributed by atoms with Gasteiger partial charge in [0, 0.05) is 20.1 Å². The Morgan fingerprint density at radius 3 is 1.25 bits per heavy atom. The molecule has 0 spiro atoms. The summed E-state index contributed by atoms with van der Waals surface area (Å²) in [6.07, 6.45) is 0. The second-order valence-corrected chi connectivity index (χ2v) is 9.75. The van der Waals surface area contributed by atoms with Gasteiger partial charge in [-0.3, -0.25) is 9.11 Å². The Morgan fingerprint density at radius 1 is 0.708 bits per heavy atom. The predicted octanol–water partition coefficient (Wildman–Crippen LogP) is 3.99. The topological polar surface area (TPSA) is 109 Å². The largest absolute Gasteiger partial charge is 0.295 e. The normalized spacial score (nSPS) is 12.4. The third kappa shape index (κ3) is 3.89. The molecule has 0 aromatic heterocycles. The van der Waals surface area contributed by atoms with Crippen molar-refractivity contribution in [3.63, 3.8) is 0 Å². The summed E-state index contributed by atoms with van der Waals surface area (Å²) in [5, 5.41) is 0. The second-order valence-electron chi connectivity index (χ2n) is 5.14.